The Kier molecular flexibility index (Phi) is 3.17. The topological polar surface area (TPSA) is 48.2 Å². The monoisotopic (exact) mass is 223 g/mol. The molecule has 1 aliphatic heterocycles. The van der Waals surface area contributed by atoms with E-state index in [0.717, 1.165) is 24.2 Å². The molecule has 1 aliphatic rings. The highest BCUT2D eigenvalue weighted by atomic mass is 14.9. The van der Waals surface area contributed by atoms with Crippen molar-refractivity contribution in [1.29, 1.82) is 5.26 Å². The summed E-state index contributed by atoms with van der Waals surface area (Å²) in [5, 5.41) is 11.8. The maximum Gasteiger partial charge on any atom is 0.133 e. The van der Waals surface area contributed by atoms with Crippen LogP contribution in [0.15, 0.2) is 42.0 Å². The number of allylic oxidation sites excluding steroid dienone is 2. The van der Waals surface area contributed by atoms with Gasteiger partial charge in [0.15, 0.2) is 0 Å². The van der Waals surface area contributed by atoms with E-state index in [1.54, 1.807) is 6.21 Å². The summed E-state index contributed by atoms with van der Waals surface area (Å²) in [6.07, 6.45) is 1.58. The molecule has 0 spiro atoms. The largest absolute Gasteiger partial charge is 0.309 e. The molecule has 0 saturated heterocycles. The van der Waals surface area contributed by atoms with Crippen molar-refractivity contribution in [2.45, 2.75) is 13.1 Å². The molecule has 84 valence electrons. The van der Waals surface area contributed by atoms with Crippen molar-refractivity contribution in [3.8, 4) is 6.07 Å². The Labute approximate surface area is 101 Å². The van der Waals surface area contributed by atoms with Gasteiger partial charge in [0.05, 0.1) is 0 Å². The lowest BCUT2D eigenvalue weighted by molar-refractivity contribution is 0.765. The average Bonchev–Trinajstić information content (AvgIpc) is 2.82. The summed E-state index contributed by atoms with van der Waals surface area (Å²) in [5.74, 6) is 0. The third-order valence-corrected chi connectivity index (χ3v) is 2.71. The van der Waals surface area contributed by atoms with Crippen LogP contribution in [0.25, 0.3) is 5.57 Å². The van der Waals surface area contributed by atoms with E-state index in [0.29, 0.717) is 0 Å². The molecular formula is C14H13N3. The predicted molar refractivity (Wildman–Crippen MR) is 69.3 cm³/mol. The van der Waals surface area contributed by atoms with Gasteiger partial charge in [-0.15, -0.1) is 0 Å². The molecule has 3 nitrogen and oxygen atoms in total. The maximum atomic E-state index is 8.54. The molecule has 0 unspecified atom stereocenters. The number of nitrogens with one attached hydrogen (secondary N) is 1. The van der Waals surface area contributed by atoms with Crippen molar-refractivity contribution in [2.75, 3.05) is 0 Å². The molecule has 1 N–H and O–H groups in total. The molecule has 2 rings (SSSR count). The molecule has 0 atom stereocenters. The van der Waals surface area contributed by atoms with Crippen molar-refractivity contribution >= 4 is 11.8 Å². The second kappa shape index (κ2) is 4.77. The Balaban J connectivity index is 2.18. The van der Waals surface area contributed by atoms with Crippen molar-refractivity contribution in [3.05, 3.63) is 53.7 Å². The molecule has 1 heterocycles. The molecule has 0 saturated carbocycles. The van der Waals surface area contributed by atoms with Crippen LogP contribution in [0, 0.1) is 11.3 Å². The fraction of sp³-hybridized carbons (Fsp3) is 0.143. The van der Waals surface area contributed by atoms with Crippen LogP contribution in [-0.4, -0.2) is 6.21 Å². The van der Waals surface area contributed by atoms with E-state index in [2.05, 4.69) is 35.6 Å². The maximum absolute atomic E-state index is 8.54. The van der Waals surface area contributed by atoms with Crippen molar-refractivity contribution in [2.24, 2.45) is 4.99 Å². The Hall–Kier alpha value is -2.18. The SMILES string of the molecule is C=C(C#N)N=CC(=C)c1ccc2c(c1)CNC2. The lowest BCUT2D eigenvalue weighted by atomic mass is 10.0. The van der Waals surface area contributed by atoms with Crippen LogP contribution in [0.4, 0.5) is 0 Å². The zero-order chi connectivity index (χ0) is 12.3. The van der Waals surface area contributed by atoms with Crippen LogP contribution in [0.1, 0.15) is 16.7 Å². The van der Waals surface area contributed by atoms with E-state index in [1.165, 1.54) is 11.1 Å². The predicted octanol–water partition coefficient (Wildman–Crippen LogP) is 2.41. The zero-order valence-corrected chi connectivity index (χ0v) is 9.53. The zero-order valence-electron chi connectivity index (χ0n) is 9.53. The quantitative estimate of drug-likeness (QED) is 0.632. The summed E-state index contributed by atoms with van der Waals surface area (Å²) in [6.45, 7) is 9.26. The van der Waals surface area contributed by atoms with Crippen molar-refractivity contribution in [3.63, 3.8) is 0 Å². The van der Waals surface area contributed by atoms with Gasteiger partial charge < -0.3 is 5.32 Å². The molecule has 1 aromatic rings. The van der Waals surface area contributed by atoms with Gasteiger partial charge in [-0.2, -0.15) is 5.26 Å². The number of nitrogens with zero attached hydrogens (tertiary/aromatic N) is 2. The molecule has 1 aromatic carbocycles. The van der Waals surface area contributed by atoms with Gasteiger partial charge in [0.25, 0.3) is 0 Å². The number of rotatable bonds is 3. The van der Waals surface area contributed by atoms with Crippen LogP contribution in [-0.2, 0) is 13.1 Å². The molecule has 0 radical (unpaired) electrons. The van der Waals surface area contributed by atoms with Gasteiger partial charge in [0.2, 0.25) is 0 Å². The van der Waals surface area contributed by atoms with Gasteiger partial charge in [-0.05, 0) is 28.3 Å². The van der Waals surface area contributed by atoms with Crippen molar-refractivity contribution < 1.29 is 0 Å². The molecule has 0 aliphatic carbocycles. The first-order chi connectivity index (χ1) is 8.20. The fourth-order valence-corrected chi connectivity index (χ4v) is 1.75. The van der Waals surface area contributed by atoms with Crippen LogP contribution < -0.4 is 5.32 Å². The molecule has 0 aromatic heterocycles. The van der Waals surface area contributed by atoms with E-state index in [1.807, 2.05) is 12.1 Å². The fourth-order valence-electron chi connectivity index (χ4n) is 1.75. The molecular weight excluding hydrogens is 210 g/mol. The number of nitriles is 1. The second-order valence-corrected chi connectivity index (χ2v) is 3.93. The number of benzene rings is 1. The summed E-state index contributed by atoms with van der Waals surface area (Å²) >= 11 is 0. The molecule has 0 amide bonds. The Morgan fingerprint density at radius 2 is 2.12 bits per heavy atom. The minimum atomic E-state index is 0.189. The molecule has 3 heteroatoms. The molecule has 0 bridgehead atoms. The van der Waals surface area contributed by atoms with Gasteiger partial charge in [-0.3, -0.25) is 0 Å². The van der Waals surface area contributed by atoms with Gasteiger partial charge in [0.1, 0.15) is 11.8 Å². The second-order valence-electron chi connectivity index (χ2n) is 3.93. The van der Waals surface area contributed by atoms with E-state index >= 15 is 0 Å². The lowest BCUT2D eigenvalue weighted by Crippen LogP contribution is -1.99. The summed E-state index contributed by atoms with van der Waals surface area (Å²) < 4.78 is 0. The molecule has 17 heavy (non-hydrogen) atoms. The van der Waals surface area contributed by atoms with E-state index < -0.39 is 0 Å². The number of aliphatic imine (C=N–C) groups is 1. The minimum absolute atomic E-state index is 0.189. The minimum Gasteiger partial charge on any atom is -0.309 e. The van der Waals surface area contributed by atoms with Crippen LogP contribution in [0.2, 0.25) is 0 Å². The van der Waals surface area contributed by atoms with Gasteiger partial charge in [-0.1, -0.05) is 25.3 Å². The summed E-state index contributed by atoms with van der Waals surface area (Å²) in [7, 11) is 0. The normalized spacial score (nSPS) is 13.4. The first kappa shape index (κ1) is 11.3. The van der Waals surface area contributed by atoms with Crippen molar-refractivity contribution in [1.82, 2.24) is 5.32 Å². The average molecular weight is 223 g/mol. The lowest BCUT2D eigenvalue weighted by Gasteiger charge is -2.03. The third kappa shape index (κ3) is 2.49. The summed E-state index contributed by atoms with van der Waals surface area (Å²) in [5.41, 5.74) is 4.64. The van der Waals surface area contributed by atoms with Crippen LogP contribution >= 0.6 is 0 Å². The van der Waals surface area contributed by atoms with Crippen LogP contribution in [0.3, 0.4) is 0 Å². The highest BCUT2D eigenvalue weighted by Crippen LogP contribution is 2.20. The number of fused-ring (bicyclic) bond motifs is 1. The Morgan fingerprint density at radius 1 is 1.35 bits per heavy atom. The van der Waals surface area contributed by atoms with Gasteiger partial charge >= 0.3 is 0 Å². The molecule has 0 fully saturated rings. The van der Waals surface area contributed by atoms with Crippen LogP contribution in [0.5, 0.6) is 0 Å². The van der Waals surface area contributed by atoms with E-state index in [9.17, 15) is 0 Å². The Bertz CT molecular complexity index is 547. The van der Waals surface area contributed by atoms with E-state index in [4.69, 9.17) is 5.26 Å². The summed E-state index contributed by atoms with van der Waals surface area (Å²) in [4.78, 5) is 3.92. The standard InChI is InChI=1S/C14H13N3/c1-10(7-17-11(2)6-15)12-3-4-13-8-16-9-14(13)5-12/h3-5,7,16H,1-2,8-9H2. The first-order valence-corrected chi connectivity index (χ1v) is 5.35. The first-order valence-electron chi connectivity index (χ1n) is 5.35. The highest BCUT2D eigenvalue weighted by molar-refractivity contribution is 6.09. The van der Waals surface area contributed by atoms with Gasteiger partial charge in [-0.25, -0.2) is 4.99 Å². The van der Waals surface area contributed by atoms with E-state index in [-0.39, 0.29) is 5.70 Å². The number of hydrogen-bond acceptors (Lipinski definition) is 3. The number of hydrogen-bond donors (Lipinski definition) is 1. The van der Waals surface area contributed by atoms with Gasteiger partial charge in [0, 0.05) is 19.3 Å². The Morgan fingerprint density at radius 3 is 2.88 bits per heavy atom. The highest BCUT2D eigenvalue weighted by Gasteiger charge is 2.10. The summed E-state index contributed by atoms with van der Waals surface area (Å²) in [6, 6.07) is 8.10. The third-order valence-electron chi connectivity index (χ3n) is 2.71. The smallest absolute Gasteiger partial charge is 0.133 e.